The van der Waals surface area contributed by atoms with Crippen molar-refractivity contribution in [1.29, 1.82) is 0 Å². The van der Waals surface area contributed by atoms with E-state index in [9.17, 15) is 13.0 Å². The van der Waals surface area contributed by atoms with Gasteiger partial charge in [-0.3, -0.25) is 0 Å². The summed E-state index contributed by atoms with van der Waals surface area (Å²) < 4.78 is 49.0. The zero-order chi connectivity index (χ0) is 25.6. The molecule has 0 N–H and O–H groups in total. The molecule has 0 heterocycles. The van der Waals surface area contributed by atoms with E-state index in [1.165, 1.54) is 0 Å². The Labute approximate surface area is 242 Å². The molecule has 192 valence electrons. The van der Waals surface area contributed by atoms with Gasteiger partial charge < -0.3 is 18.8 Å². The van der Waals surface area contributed by atoms with Crippen LogP contribution in [-0.4, -0.2) is 38.5 Å². The average Bonchev–Trinajstić information content (AvgIpc) is 2.89. The van der Waals surface area contributed by atoms with E-state index in [0.717, 1.165) is 53.9 Å². The topological polar surface area (TPSA) is 84.9 Å². The molecule has 0 saturated heterocycles. The Balaban J connectivity index is 0.00000481. The van der Waals surface area contributed by atoms with Crippen LogP contribution in [0.5, 0.6) is 17.2 Å². The Bertz CT molecular complexity index is 1160. The minimum absolute atomic E-state index is 0. The smallest absolute Gasteiger partial charge is 0.748 e. The van der Waals surface area contributed by atoms with Crippen LogP contribution in [0.1, 0.15) is 37.7 Å². The fraction of sp³-hybridized carbons (Fsp3) is 0.310. The molecule has 0 aliphatic rings. The summed E-state index contributed by atoms with van der Waals surface area (Å²) in [7, 11) is -4.20. The molecule has 0 radical (unpaired) electrons. The molecule has 3 rings (SSSR count). The molecular formula is C29H33NaO6S. The molecule has 8 heteroatoms. The molecule has 0 spiro atoms. The molecular weight excluding hydrogens is 499 g/mol. The summed E-state index contributed by atoms with van der Waals surface area (Å²) in [5.41, 5.74) is 3.19. The summed E-state index contributed by atoms with van der Waals surface area (Å²) in [5.74, 6) is 1.96. The molecule has 3 aromatic carbocycles. The Hall–Kier alpha value is -2.29. The standard InChI is InChI=1S/C29H34O6S.Na/c1-2-24-8-14-27(15-9-24)33-20-5-3-4-6-21-34-28-16-10-25(11-17-28)26-12-18-29(19-13-26)35-22-7-23-36(30,31)32;/h2,8-19H,1,3-7,20-23H2,(H,30,31,32);/q;+1/p-1. The minimum atomic E-state index is -4.20. The van der Waals surface area contributed by atoms with Crippen molar-refractivity contribution in [3.05, 3.63) is 84.9 Å². The summed E-state index contributed by atoms with van der Waals surface area (Å²) in [6.45, 7) is 5.34. The van der Waals surface area contributed by atoms with E-state index in [0.29, 0.717) is 19.0 Å². The van der Waals surface area contributed by atoms with E-state index < -0.39 is 15.9 Å². The maximum Gasteiger partial charge on any atom is 1.00 e. The molecule has 0 atom stereocenters. The fourth-order valence-electron chi connectivity index (χ4n) is 3.55. The monoisotopic (exact) mass is 532 g/mol. The third kappa shape index (κ3) is 12.2. The minimum Gasteiger partial charge on any atom is -0.748 e. The SMILES string of the molecule is C=Cc1ccc(OCCCCCCOc2ccc(-c3ccc(OCCCS(=O)(=O)[O-])cc3)cc2)cc1.[Na+]. The largest absolute Gasteiger partial charge is 1.00 e. The Kier molecular flexibility index (Phi) is 13.8. The second-order valence-electron chi connectivity index (χ2n) is 8.40. The normalized spacial score (nSPS) is 10.8. The summed E-state index contributed by atoms with van der Waals surface area (Å²) >= 11 is 0. The van der Waals surface area contributed by atoms with Crippen molar-refractivity contribution in [3.63, 3.8) is 0 Å². The number of unbranched alkanes of at least 4 members (excludes halogenated alkanes) is 3. The zero-order valence-corrected chi connectivity index (χ0v) is 24.3. The Morgan fingerprint density at radius 3 is 1.38 bits per heavy atom. The first-order valence-electron chi connectivity index (χ1n) is 12.2. The van der Waals surface area contributed by atoms with Gasteiger partial charge in [-0.2, -0.15) is 0 Å². The van der Waals surface area contributed by atoms with Gasteiger partial charge in [0, 0.05) is 5.75 Å². The summed E-state index contributed by atoms with van der Waals surface area (Å²) in [6, 6.07) is 23.4. The third-order valence-corrected chi connectivity index (χ3v) is 6.33. The van der Waals surface area contributed by atoms with Crippen molar-refractivity contribution in [2.45, 2.75) is 32.1 Å². The van der Waals surface area contributed by atoms with Gasteiger partial charge in [0.15, 0.2) is 0 Å². The number of hydrogen-bond acceptors (Lipinski definition) is 6. The van der Waals surface area contributed by atoms with Gasteiger partial charge in [0.2, 0.25) is 0 Å². The first-order chi connectivity index (χ1) is 17.4. The number of rotatable bonds is 16. The molecule has 0 bridgehead atoms. The van der Waals surface area contributed by atoms with Crippen LogP contribution in [0.4, 0.5) is 0 Å². The summed E-state index contributed by atoms with van der Waals surface area (Å²) in [6.07, 6.45) is 6.21. The van der Waals surface area contributed by atoms with Gasteiger partial charge in [-0.1, -0.05) is 49.1 Å². The molecule has 0 fully saturated rings. The van der Waals surface area contributed by atoms with Crippen molar-refractivity contribution >= 4 is 16.2 Å². The molecule has 0 unspecified atom stereocenters. The predicted molar refractivity (Wildman–Crippen MR) is 143 cm³/mol. The van der Waals surface area contributed by atoms with Gasteiger partial charge in [-0.15, -0.1) is 0 Å². The van der Waals surface area contributed by atoms with Crippen molar-refractivity contribution < 1.29 is 56.7 Å². The van der Waals surface area contributed by atoms with Gasteiger partial charge in [0.1, 0.15) is 17.2 Å². The maximum absolute atomic E-state index is 10.6. The van der Waals surface area contributed by atoms with E-state index in [2.05, 4.69) is 6.58 Å². The summed E-state index contributed by atoms with van der Waals surface area (Å²) in [5, 5.41) is 0. The van der Waals surface area contributed by atoms with Gasteiger partial charge in [0.25, 0.3) is 0 Å². The number of hydrogen-bond donors (Lipinski definition) is 0. The fourth-order valence-corrected chi connectivity index (χ4v) is 4.02. The average molecular weight is 533 g/mol. The van der Waals surface area contributed by atoms with E-state index in [-0.39, 0.29) is 42.6 Å². The van der Waals surface area contributed by atoms with Crippen LogP contribution in [0, 0.1) is 0 Å². The van der Waals surface area contributed by atoms with Crippen LogP contribution >= 0.6 is 0 Å². The Morgan fingerprint density at radius 1 is 0.622 bits per heavy atom. The molecule has 37 heavy (non-hydrogen) atoms. The van der Waals surface area contributed by atoms with Crippen LogP contribution in [0.3, 0.4) is 0 Å². The third-order valence-electron chi connectivity index (χ3n) is 5.54. The Morgan fingerprint density at radius 2 is 1.00 bits per heavy atom. The number of ether oxygens (including phenoxy) is 3. The van der Waals surface area contributed by atoms with Crippen molar-refractivity contribution in [2.75, 3.05) is 25.6 Å². The molecule has 0 aliphatic carbocycles. The van der Waals surface area contributed by atoms with Crippen molar-refractivity contribution in [3.8, 4) is 28.4 Å². The van der Waals surface area contributed by atoms with Crippen LogP contribution in [0.15, 0.2) is 79.4 Å². The van der Waals surface area contributed by atoms with Gasteiger partial charge in [0.05, 0.1) is 29.9 Å². The predicted octanol–water partition coefficient (Wildman–Crippen LogP) is 3.33. The van der Waals surface area contributed by atoms with E-state index in [1.54, 1.807) is 0 Å². The first kappa shape index (κ1) is 30.9. The molecule has 3 aromatic rings. The molecule has 0 saturated carbocycles. The maximum atomic E-state index is 10.6. The molecule has 6 nitrogen and oxygen atoms in total. The van der Waals surface area contributed by atoms with Crippen LogP contribution in [0.25, 0.3) is 17.2 Å². The van der Waals surface area contributed by atoms with Crippen molar-refractivity contribution in [1.82, 2.24) is 0 Å². The summed E-state index contributed by atoms with van der Waals surface area (Å²) in [4.78, 5) is 0. The van der Waals surface area contributed by atoms with Crippen LogP contribution < -0.4 is 43.8 Å². The second-order valence-corrected chi connectivity index (χ2v) is 9.92. The molecule has 0 aliphatic heterocycles. The molecule has 0 amide bonds. The van der Waals surface area contributed by atoms with Gasteiger partial charge >= 0.3 is 29.6 Å². The second kappa shape index (κ2) is 16.5. The van der Waals surface area contributed by atoms with Crippen molar-refractivity contribution in [2.24, 2.45) is 0 Å². The zero-order valence-electron chi connectivity index (χ0n) is 21.4. The van der Waals surface area contributed by atoms with Crippen LogP contribution in [0.2, 0.25) is 0 Å². The van der Waals surface area contributed by atoms with E-state index in [1.807, 2.05) is 78.9 Å². The van der Waals surface area contributed by atoms with E-state index >= 15 is 0 Å². The van der Waals surface area contributed by atoms with Gasteiger partial charge in [-0.05, 0) is 85.2 Å². The van der Waals surface area contributed by atoms with Gasteiger partial charge in [-0.25, -0.2) is 8.42 Å². The number of benzene rings is 3. The first-order valence-corrected chi connectivity index (χ1v) is 13.8. The van der Waals surface area contributed by atoms with Crippen LogP contribution in [-0.2, 0) is 10.1 Å². The van der Waals surface area contributed by atoms with E-state index in [4.69, 9.17) is 14.2 Å². The quantitative estimate of drug-likeness (QED) is 0.160. The molecule has 0 aromatic heterocycles.